The first-order chi connectivity index (χ1) is 10.8. The number of hydrogen-bond donors (Lipinski definition) is 1. The van der Waals surface area contributed by atoms with Crippen LogP contribution in [0.2, 0.25) is 0 Å². The van der Waals surface area contributed by atoms with Crippen LogP contribution < -0.4 is 4.72 Å². The zero-order valence-electron chi connectivity index (χ0n) is 14.1. The van der Waals surface area contributed by atoms with Crippen LogP contribution >= 0.6 is 0 Å². The summed E-state index contributed by atoms with van der Waals surface area (Å²) >= 11 is 0. The van der Waals surface area contributed by atoms with Gasteiger partial charge in [-0.1, -0.05) is 12.1 Å². The molecule has 0 bridgehead atoms. The molecule has 0 unspecified atom stereocenters. The van der Waals surface area contributed by atoms with Crippen LogP contribution in [0.15, 0.2) is 23.1 Å². The Morgan fingerprint density at radius 3 is 2.83 bits per heavy atom. The molecule has 0 spiro atoms. The molecule has 0 saturated carbocycles. The fraction of sp³-hybridized carbons (Fsp3) is 0.647. The fourth-order valence-electron chi connectivity index (χ4n) is 3.64. The van der Waals surface area contributed by atoms with E-state index in [0.717, 1.165) is 50.0 Å². The lowest BCUT2D eigenvalue weighted by molar-refractivity contribution is -0.0301. The number of fused-ring (bicyclic) bond motifs is 1. The van der Waals surface area contributed by atoms with Gasteiger partial charge in [0, 0.05) is 19.6 Å². The molecule has 6 heteroatoms. The standard InChI is InChI=1S/C17H26N2O3S/c1-17(2)9-7-14(22-17)12-19-10-8-15-13(11-19)5-4-6-16(15)23(20,21)18-3/h4-6,14,18H,7-12H2,1-3H3/t14-/m0/s1. The van der Waals surface area contributed by atoms with Gasteiger partial charge in [0.2, 0.25) is 10.0 Å². The van der Waals surface area contributed by atoms with Crippen molar-refractivity contribution in [1.29, 1.82) is 0 Å². The van der Waals surface area contributed by atoms with Crippen molar-refractivity contribution >= 4 is 10.0 Å². The van der Waals surface area contributed by atoms with Crippen LogP contribution in [-0.4, -0.2) is 45.2 Å². The molecule has 23 heavy (non-hydrogen) atoms. The van der Waals surface area contributed by atoms with Crippen molar-refractivity contribution in [2.24, 2.45) is 0 Å². The van der Waals surface area contributed by atoms with Crippen molar-refractivity contribution < 1.29 is 13.2 Å². The minimum absolute atomic E-state index is 0.00754. The van der Waals surface area contributed by atoms with E-state index in [1.165, 1.54) is 7.05 Å². The normalized spacial score (nSPS) is 24.6. The quantitative estimate of drug-likeness (QED) is 0.911. The summed E-state index contributed by atoms with van der Waals surface area (Å²) in [6.45, 7) is 6.89. The summed E-state index contributed by atoms with van der Waals surface area (Å²) in [7, 11) is -1.93. The highest BCUT2D eigenvalue weighted by molar-refractivity contribution is 7.89. The second-order valence-corrected chi connectivity index (χ2v) is 8.98. The van der Waals surface area contributed by atoms with Crippen molar-refractivity contribution in [2.75, 3.05) is 20.1 Å². The summed E-state index contributed by atoms with van der Waals surface area (Å²) < 4.78 is 32.8. The maximum absolute atomic E-state index is 12.2. The Labute approximate surface area is 139 Å². The molecule has 1 fully saturated rings. The van der Waals surface area contributed by atoms with E-state index in [2.05, 4.69) is 23.5 Å². The fourth-order valence-corrected chi connectivity index (χ4v) is 4.68. The maximum atomic E-state index is 12.2. The Balaban J connectivity index is 1.74. The molecule has 0 aromatic heterocycles. The van der Waals surface area contributed by atoms with Crippen LogP contribution in [0, 0.1) is 0 Å². The van der Waals surface area contributed by atoms with Crippen molar-refractivity contribution in [3.05, 3.63) is 29.3 Å². The third-order valence-electron chi connectivity index (χ3n) is 4.88. The first-order valence-electron chi connectivity index (χ1n) is 8.25. The van der Waals surface area contributed by atoms with E-state index in [1.54, 1.807) is 6.07 Å². The summed E-state index contributed by atoms with van der Waals surface area (Å²) in [6.07, 6.45) is 3.26. The lowest BCUT2D eigenvalue weighted by Gasteiger charge is -2.32. The average Bonchev–Trinajstić information content (AvgIpc) is 2.85. The van der Waals surface area contributed by atoms with Gasteiger partial charge in [-0.15, -0.1) is 0 Å². The lowest BCUT2D eigenvalue weighted by atomic mass is 9.99. The Morgan fingerprint density at radius 1 is 1.39 bits per heavy atom. The van der Waals surface area contributed by atoms with Crippen LogP contribution in [-0.2, 0) is 27.7 Å². The van der Waals surface area contributed by atoms with Gasteiger partial charge < -0.3 is 4.74 Å². The number of nitrogens with zero attached hydrogens (tertiary/aromatic N) is 1. The van der Waals surface area contributed by atoms with Gasteiger partial charge in [-0.25, -0.2) is 13.1 Å². The van der Waals surface area contributed by atoms with Gasteiger partial charge >= 0.3 is 0 Å². The number of rotatable bonds is 4. The summed E-state index contributed by atoms with van der Waals surface area (Å²) in [6, 6.07) is 5.57. The van der Waals surface area contributed by atoms with Crippen LogP contribution in [0.4, 0.5) is 0 Å². The lowest BCUT2D eigenvalue weighted by Crippen LogP contribution is -2.38. The van der Waals surface area contributed by atoms with E-state index in [4.69, 9.17) is 4.74 Å². The number of nitrogens with one attached hydrogen (secondary N) is 1. The minimum atomic E-state index is -3.39. The van der Waals surface area contributed by atoms with E-state index >= 15 is 0 Å². The number of hydrogen-bond acceptors (Lipinski definition) is 4. The van der Waals surface area contributed by atoms with Crippen LogP contribution in [0.1, 0.15) is 37.8 Å². The molecule has 2 aliphatic heterocycles. The molecule has 1 aromatic rings. The van der Waals surface area contributed by atoms with Gasteiger partial charge in [-0.3, -0.25) is 4.90 Å². The third-order valence-corrected chi connectivity index (χ3v) is 6.38. The van der Waals surface area contributed by atoms with E-state index in [0.29, 0.717) is 4.90 Å². The molecule has 3 rings (SSSR count). The van der Waals surface area contributed by atoms with Crippen LogP contribution in [0.3, 0.4) is 0 Å². The number of benzene rings is 1. The highest BCUT2D eigenvalue weighted by Gasteiger charge is 2.33. The van der Waals surface area contributed by atoms with Crippen molar-refractivity contribution in [3.63, 3.8) is 0 Å². The van der Waals surface area contributed by atoms with Gasteiger partial charge in [0.15, 0.2) is 0 Å². The highest BCUT2D eigenvalue weighted by atomic mass is 32.2. The first-order valence-corrected chi connectivity index (χ1v) is 9.73. The second kappa shape index (κ2) is 6.16. The molecular formula is C17H26N2O3S. The highest BCUT2D eigenvalue weighted by Crippen LogP contribution is 2.31. The zero-order valence-corrected chi connectivity index (χ0v) is 14.9. The Bertz CT molecular complexity index is 685. The molecular weight excluding hydrogens is 312 g/mol. The predicted molar refractivity (Wildman–Crippen MR) is 89.9 cm³/mol. The van der Waals surface area contributed by atoms with Crippen molar-refractivity contribution in [3.8, 4) is 0 Å². The Kier molecular flexibility index (Phi) is 4.53. The van der Waals surface area contributed by atoms with Gasteiger partial charge in [0.05, 0.1) is 16.6 Å². The monoisotopic (exact) mass is 338 g/mol. The molecule has 1 saturated heterocycles. The maximum Gasteiger partial charge on any atom is 0.240 e. The summed E-state index contributed by atoms with van der Waals surface area (Å²) in [5.41, 5.74) is 2.07. The molecule has 0 radical (unpaired) electrons. The summed E-state index contributed by atoms with van der Waals surface area (Å²) in [5.74, 6) is 0. The molecule has 2 aliphatic rings. The molecule has 0 aliphatic carbocycles. The predicted octanol–water partition coefficient (Wildman–Crippen LogP) is 1.91. The first kappa shape index (κ1) is 16.9. The molecule has 128 valence electrons. The van der Waals surface area contributed by atoms with E-state index in [-0.39, 0.29) is 11.7 Å². The smallest absolute Gasteiger partial charge is 0.240 e. The Morgan fingerprint density at radius 2 is 2.17 bits per heavy atom. The summed E-state index contributed by atoms with van der Waals surface area (Å²) in [5, 5.41) is 0. The van der Waals surface area contributed by atoms with Crippen LogP contribution in [0.25, 0.3) is 0 Å². The SMILES string of the molecule is CNS(=O)(=O)c1cccc2c1CCN(C[C@@H]1CCC(C)(C)O1)C2. The van der Waals surface area contributed by atoms with Crippen molar-refractivity contribution in [2.45, 2.75) is 56.3 Å². The zero-order chi connectivity index (χ0) is 16.7. The molecule has 0 amide bonds. The van der Waals surface area contributed by atoms with Gasteiger partial charge in [-0.05, 0) is 57.4 Å². The molecule has 1 atom stereocenters. The van der Waals surface area contributed by atoms with Gasteiger partial charge in [-0.2, -0.15) is 0 Å². The van der Waals surface area contributed by atoms with Crippen molar-refractivity contribution in [1.82, 2.24) is 9.62 Å². The second-order valence-electron chi connectivity index (χ2n) is 7.12. The topological polar surface area (TPSA) is 58.6 Å². The molecule has 1 aromatic carbocycles. The third kappa shape index (κ3) is 3.60. The minimum Gasteiger partial charge on any atom is -0.371 e. The van der Waals surface area contributed by atoms with Gasteiger partial charge in [0.25, 0.3) is 0 Å². The largest absolute Gasteiger partial charge is 0.371 e. The number of ether oxygens (including phenoxy) is 1. The van der Waals surface area contributed by atoms with E-state index < -0.39 is 10.0 Å². The molecule has 5 nitrogen and oxygen atoms in total. The number of sulfonamides is 1. The molecule has 1 N–H and O–H groups in total. The van der Waals surface area contributed by atoms with Crippen LogP contribution in [0.5, 0.6) is 0 Å². The van der Waals surface area contributed by atoms with E-state index in [1.807, 2.05) is 12.1 Å². The summed E-state index contributed by atoms with van der Waals surface area (Å²) in [4.78, 5) is 2.81. The average molecular weight is 338 g/mol. The van der Waals surface area contributed by atoms with E-state index in [9.17, 15) is 8.42 Å². The Hall–Kier alpha value is -0.950. The molecule has 2 heterocycles. The van der Waals surface area contributed by atoms with Gasteiger partial charge in [0.1, 0.15) is 0 Å².